The van der Waals surface area contributed by atoms with Gasteiger partial charge in [0.15, 0.2) is 11.7 Å². The quantitative estimate of drug-likeness (QED) is 0.204. The van der Waals surface area contributed by atoms with Crippen molar-refractivity contribution in [3.05, 3.63) is 131 Å². The van der Waals surface area contributed by atoms with Gasteiger partial charge in [-0.05, 0) is 40.8 Å². The van der Waals surface area contributed by atoms with Crippen LogP contribution >= 0.6 is 0 Å². The van der Waals surface area contributed by atoms with Crippen molar-refractivity contribution in [1.29, 1.82) is 0 Å². The third-order valence-corrected chi connectivity index (χ3v) is 10.5. The van der Waals surface area contributed by atoms with Crippen LogP contribution < -0.4 is 9.62 Å². The molecule has 2 aliphatic heterocycles. The summed E-state index contributed by atoms with van der Waals surface area (Å²) in [5, 5.41) is 10.7. The molecule has 1 unspecified atom stereocenters. The summed E-state index contributed by atoms with van der Waals surface area (Å²) in [6.45, 7) is 1.81. The Kier molecular flexibility index (Phi) is 10.4. The molecule has 1 saturated heterocycles. The highest BCUT2D eigenvalue weighted by molar-refractivity contribution is 7.90. The number of amides is 2. The van der Waals surface area contributed by atoms with Gasteiger partial charge in [0.05, 0.1) is 30.4 Å². The van der Waals surface area contributed by atoms with E-state index in [0.29, 0.717) is 17.8 Å². The second-order valence-corrected chi connectivity index (χ2v) is 13.9. The first-order chi connectivity index (χ1) is 23.8. The van der Waals surface area contributed by atoms with E-state index in [1.54, 1.807) is 4.90 Å². The predicted octanol–water partition coefficient (Wildman–Crippen LogP) is 5.74. The molecule has 2 amide bonds. The first-order valence-electron chi connectivity index (χ1n) is 16.4. The minimum absolute atomic E-state index is 0.00602. The van der Waals surface area contributed by atoms with Crippen molar-refractivity contribution < 1.29 is 27.9 Å². The van der Waals surface area contributed by atoms with Crippen LogP contribution in [0.25, 0.3) is 12.2 Å². The van der Waals surface area contributed by atoms with Gasteiger partial charge in [-0.3, -0.25) is 4.79 Å². The molecule has 254 valence electrons. The molecular formula is C38H40N4O6S. The smallest absolute Gasteiger partial charge is 0.420 e. The highest BCUT2D eigenvalue weighted by Crippen LogP contribution is 2.39. The Morgan fingerprint density at radius 2 is 1.35 bits per heavy atom. The standard InChI is InChI=1S/C38H40N4O6S/c1-2-3-26-48-37(44)39-49(46,47)34-27-40(36(43)35(30-16-6-4-7-17-30)31-18-8-5-9-19-31)24-25-41(34)38(45)42-32-20-12-10-14-28(32)22-23-29-15-11-13-21-33(29)42/h4-23,34-35,38,45H,2-3,24-27H2,1H3,(H,39,44)/t34-,38?/m1/s1. The SMILES string of the molecule is CCCCOC(=O)NS(=O)(=O)[C@@H]1CN(C(=O)C(c2ccccc2)c2ccccc2)CCN1C(O)N1c2ccccc2C=Cc2ccccc21. The van der Waals surface area contributed by atoms with Crippen LogP contribution in [0.1, 0.15) is 47.9 Å². The van der Waals surface area contributed by atoms with Gasteiger partial charge in [0.2, 0.25) is 5.91 Å². The molecule has 4 aromatic carbocycles. The van der Waals surface area contributed by atoms with Gasteiger partial charge in [-0.2, -0.15) is 0 Å². The van der Waals surface area contributed by atoms with E-state index >= 15 is 0 Å². The summed E-state index contributed by atoms with van der Waals surface area (Å²) in [4.78, 5) is 31.8. The summed E-state index contributed by atoms with van der Waals surface area (Å²) >= 11 is 0. The lowest BCUT2D eigenvalue weighted by Gasteiger charge is -2.46. The predicted molar refractivity (Wildman–Crippen MR) is 190 cm³/mol. The average molecular weight is 681 g/mol. The second-order valence-electron chi connectivity index (χ2n) is 12.0. The van der Waals surface area contributed by atoms with Gasteiger partial charge in [0, 0.05) is 13.1 Å². The number of carbonyl (C=O) groups is 2. The number of para-hydroxylation sites is 2. The molecule has 2 aliphatic rings. The third-order valence-electron chi connectivity index (χ3n) is 8.88. The Morgan fingerprint density at radius 1 is 0.816 bits per heavy atom. The lowest BCUT2D eigenvalue weighted by Crippen LogP contribution is -2.65. The minimum atomic E-state index is -4.53. The molecule has 0 aliphatic carbocycles. The number of fused-ring (bicyclic) bond motifs is 2. The normalized spacial score (nSPS) is 16.8. The number of hydrogen-bond donors (Lipinski definition) is 2. The van der Waals surface area contributed by atoms with E-state index in [0.717, 1.165) is 28.7 Å². The number of benzene rings is 4. The number of rotatable bonds is 10. The Morgan fingerprint density at radius 3 is 1.90 bits per heavy atom. The molecule has 0 radical (unpaired) electrons. The van der Waals surface area contributed by atoms with Crippen LogP contribution in [0.2, 0.25) is 0 Å². The molecule has 0 bridgehead atoms. The zero-order chi connectivity index (χ0) is 34.4. The van der Waals surface area contributed by atoms with Crippen LogP contribution in [0.15, 0.2) is 109 Å². The van der Waals surface area contributed by atoms with Crippen LogP contribution in [0.4, 0.5) is 16.2 Å². The summed E-state index contributed by atoms with van der Waals surface area (Å²) in [6.07, 6.45) is 2.65. The maximum absolute atomic E-state index is 14.4. The fourth-order valence-electron chi connectivity index (χ4n) is 6.38. The maximum atomic E-state index is 14.4. The molecule has 2 N–H and O–H groups in total. The number of aliphatic hydroxyl groups is 1. The van der Waals surface area contributed by atoms with E-state index in [2.05, 4.69) is 4.72 Å². The lowest BCUT2D eigenvalue weighted by atomic mass is 9.90. The minimum Gasteiger partial charge on any atom is -0.449 e. The van der Waals surface area contributed by atoms with Crippen molar-refractivity contribution in [3.63, 3.8) is 0 Å². The summed E-state index contributed by atoms with van der Waals surface area (Å²) in [5.41, 5.74) is 4.54. The van der Waals surface area contributed by atoms with Crippen molar-refractivity contribution in [3.8, 4) is 0 Å². The molecule has 11 heteroatoms. The monoisotopic (exact) mass is 680 g/mol. The first-order valence-corrected chi connectivity index (χ1v) is 18.0. The van der Waals surface area contributed by atoms with E-state index < -0.39 is 33.8 Å². The van der Waals surface area contributed by atoms with Crippen molar-refractivity contribution in [2.75, 3.05) is 31.1 Å². The number of piperazine rings is 1. The number of carbonyl (C=O) groups excluding carboxylic acids is 2. The van der Waals surface area contributed by atoms with E-state index in [-0.39, 0.29) is 32.1 Å². The zero-order valence-electron chi connectivity index (χ0n) is 27.3. The highest BCUT2D eigenvalue weighted by atomic mass is 32.2. The van der Waals surface area contributed by atoms with Gasteiger partial charge in [0.25, 0.3) is 10.0 Å². The van der Waals surface area contributed by atoms with Gasteiger partial charge >= 0.3 is 6.09 Å². The van der Waals surface area contributed by atoms with Gasteiger partial charge in [0.1, 0.15) is 0 Å². The molecular weight excluding hydrogens is 641 g/mol. The van der Waals surface area contributed by atoms with Gasteiger partial charge in [-0.15, -0.1) is 0 Å². The highest BCUT2D eigenvalue weighted by Gasteiger charge is 2.45. The van der Waals surface area contributed by atoms with Crippen molar-refractivity contribution >= 4 is 45.6 Å². The molecule has 0 saturated carbocycles. The number of sulfonamides is 1. The molecule has 0 spiro atoms. The molecule has 6 rings (SSSR count). The van der Waals surface area contributed by atoms with Crippen molar-refractivity contribution in [2.24, 2.45) is 0 Å². The Bertz CT molecular complexity index is 1810. The molecule has 0 aromatic heterocycles. The zero-order valence-corrected chi connectivity index (χ0v) is 28.1. The van der Waals surface area contributed by atoms with Gasteiger partial charge in [-0.25, -0.2) is 22.8 Å². The maximum Gasteiger partial charge on any atom is 0.420 e. The molecule has 2 heterocycles. The van der Waals surface area contributed by atoms with Crippen LogP contribution in [0, 0.1) is 0 Å². The molecule has 2 atom stereocenters. The molecule has 1 fully saturated rings. The third kappa shape index (κ3) is 7.39. The summed E-state index contributed by atoms with van der Waals surface area (Å²) < 4.78 is 35.5. The van der Waals surface area contributed by atoms with Crippen molar-refractivity contribution in [1.82, 2.24) is 14.5 Å². The number of unbranched alkanes of at least 4 members (excludes halogenated alkanes) is 1. The first kappa shape index (κ1) is 33.9. The Balaban J connectivity index is 1.37. The lowest BCUT2D eigenvalue weighted by molar-refractivity contribution is -0.136. The van der Waals surface area contributed by atoms with Crippen LogP contribution in [0.3, 0.4) is 0 Å². The summed E-state index contributed by atoms with van der Waals surface area (Å²) in [7, 11) is -4.53. The second kappa shape index (κ2) is 15.1. The molecule has 49 heavy (non-hydrogen) atoms. The number of aliphatic hydroxyl groups excluding tert-OH is 1. The van der Waals surface area contributed by atoms with Gasteiger partial charge < -0.3 is 19.6 Å². The van der Waals surface area contributed by atoms with E-state index in [9.17, 15) is 23.1 Å². The number of nitrogens with one attached hydrogen (secondary N) is 1. The molecule has 4 aromatic rings. The summed E-state index contributed by atoms with van der Waals surface area (Å²) in [6, 6.07) is 33.8. The summed E-state index contributed by atoms with van der Waals surface area (Å²) in [5.74, 6) is -0.975. The van der Waals surface area contributed by atoms with Crippen LogP contribution in [-0.4, -0.2) is 73.3 Å². The number of ether oxygens (including phenoxy) is 1. The topological polar surface area (TPSA) is 119 Å². The number of hydrogen-bond acceptors (Lipinski definition) is 8. The molecule has 10 nitrogen and oxygen atoms in total. The average Bonchev–Trinajstić information content (AvgIpc) is 3.29. The largest absolute Gasteiger partial charge is 0.449 e. The number of anilines is 2. The van der Waals surface area contributed by atoms with E-state index in [1.165, 1.54) is 9.80 Å². The van der Waals surface area contributed by atoms with E-state index in [4.69, 9.17) is 4.74 Å². The van der Waals surface area contributed by atoms with Crippen molar-refractivity contribution in [2.45, 2.75) is 37.4 Å². The fourth-order valence-corrected chi connectivity index (χ4v) is 7.76. The fraction of sp³-hybridized carbons (Fsp3) is 0.263. The van der Waals surface area contributed by atoms with Crippen LogP contribution in [-0.2, 0) is 19.6 Å². The van der Waals surface area contributed by atoms with Gasteiger partial charge in [-0.1, -0.05) is 123 Å². The Labute approximate surface area is 287 Å². The van der Waals surface area contributed by atoms with E-state index in [1.807, 2.05) is 128 Å². The Hall–Kier alpha value is -4.97. The van der Waals surface area contributed by atoms with Crippen LogP contribution in [0.5, 0.6) is 0 Å². The number of nitrogens with zero attached hydrogens (tertiary/aromatic N) is 3.